The van der Waals surface area contributed by atoms with Crippen molar-refractivity contribution >= 4 is 5.91 Å². The fourth-order valence-electron chi connectivity index (χ4n) is 3.69. The summed E-state index contributed by atoms with van der Waals surface area (Å²) < 4.78 is 0. The maximum atomic E-state index is 12.1. The summed E-state index contributed by atoms with van der Waals surface area (Å²) in [4.78, 5) is 12.1. The van der Waals surface area contributed by atoms with Crippen LogP contribution in [0, 0.1) is 17.8 Å². The Kier molecular flexibility index (Phi) is 3.12. The van der Waals surface area contributed by atoms with Crippen LogP contribution in [0.5, 0.6) is 0 Å². The van der Waals surface area contributed by atoms with Crippen molar-refractivity contribution < 1.29 is 9.90 Å². The Morgan fingerprint density at radius 2 is 1.71 bits per heavy atom. The van der Waals surface area contributed by atoms with Gasteiger partial charge in [0.15, 0.2) is 0 Å². The number of rotatable bonds is 2. The quantitative estimate of drug-likeness (QED) is 0.720. The number of fused-ring (bicyclic) bond motifs is 1. The molecule has 3 aliphatic rings. The van der Waals surface area contributed by atoms with E-state index in [0.29, 0.717) is 0 Å². The van der Waals surface area contributed by atoms with E-state index in [1.165, 1.54) is 12.8 Å². The van der Waals surface area contributed by atoms with Gasteiger partial charge in [0.2, 0.25) is 5.91 Å². The molecule has 96 valence electrons. The number of carbonyl (C=O) groups is 1. The second-order valence-electron chi connectivity index (χ2n) is 6.24. The third-order valence-corrected chi connectivity index (χ3v) is 4.92. The van der Waals surface area contributed by atoms with Gasteiger partial charge >= 0.3 is 0 Å². The number of nitrogens with one attached hydrogen (secondary N) is 1. The van der Waals surface area contributed by atoms with Gasteiger partial charge in [-0.15, -0.1) is 0 Å². The maximum Gasteiger partial charge on any atom is 0.223 e. The van der Waals surface area contributed by atoms with Crippen LogP contribution in [-0.2, 0) is 4.79 Å². The summed E-state index contributed by atoms with van der Waals surface area (Å²) in [7, 11) is 0. The highest BCUT2D eigenvalue weighted by Gasteiger charge is 2.48. The van der Waals surface area contributed by atoms with Crippen LogP contribution in [0.3, 0.4) is 0 Å². The first-order valence-electron chi connectivity index (χ1n) is 7.22. The third-order valence-electron chi connectivity index (χ3n) is 4.92. The Morgan fingerprint density at radius 3 is 2.47 bits per heavy atom. The van der Waals surface area contributed by atoms with Crippen LogP contribution >= 0.6 is 0 Å². The molecule has 3 saturated carbocycles. The zero-order valence-electron chi connectivity index (χ0n) is 10.4. The second-order valence-corrected chi connectivity index (χ2v) is 6.24. The Balaban J connectivity index is 1.52. The summed E-state index contributed by atoms with van der Waals surface area (Å²) in [5.74, 6) is 2.16. The largest absolute Gasteiger partial charge is 0.391 e. The second kappa shape index (κ2) is 4.60. The first-order chi connectivity index (χ1) is 8.24. The first-order valence-corrected chi connectivity index (χ1v) is 7.22. The lowest BCUT2D eigenvalue weighted by Gasteiger charge is -2.24. The summed E-state index contributed by atoms with van der Waals surface area (Å²) in [5.41, 5.74) is 0. The molecule has 3 nitrogen and oxygen atoms in total. The smallest absolute Gasteiger partial charge is 0.223 e. The molecular formula is C14H23NO2. The van der Waals surface area contributed by atoms with Crippen molar-refractivity contribution in [2.24, 2.45) is 17.8 Å². The molecule has 0 spiro atoms. The van der Waals surface area contributed by atoms with Gasteiger partial charge in [0.05, 0.1) is 12.1 Å². The monoisotopic (exact) mass is 237 g/mol. The molecule has 0 heterocycles. The van der Waals surface area contributed by atoms with Gasteiger partial charge in [-0.2, -0.15) is 0 Å². The molecule has 1 amide bonds. The minimum absolute atomic E-state index is 0.0157. The first kappa shape index (κ1) is 11.5. The number of aliphatic hydroxyl groups is 1. The van der Waals surface area contributed by atoms with E-state index in [1.807, 2.05) is 0 Å². The van der Waals surface area contributed by atoms with Crippen molar-refractivity contribution in [2.75, 3.05) is 0 Å². The summed E-state index contributed by atoms with van der Waals surface area (Å²) in [6, 6.07) is 0.0157. The predicted molar refractivity (Wildman–Crippen MR) is 65.3 cm³/mol. The summed E-state index contributed by atoms with van der Waals surface area (Å²) in [6.45, 7) is 0. The summed E-state index contributed by atoms with van der Waals surface area (Å²) in [5, 5.41) is 13.1. The van der Waals surface area contributed by atoms with E-state index in [9.17, 15) is 9.90 Å². The topological polar surface area (TPSA) is 49.3 Å². The maximum absolute atomic E-state index is 12.1. The van der Waals surface area contributed by atoms with E-state index < -0.39 is 0 Å². The Morgan fingerprint density at radius 1 is 1.00 bits per heavy atom. The van der Waals surface area contributed by atoms with Gasteiger partial charge in [0.1, 0.15) is 0 Å². The number of hydrogen-bond donors (Lipinski definition) is 2. The summed E-state index contributed by atoms with van der Waals surface area (Å²) in [6.07, 6.45) is 8.45. The Labute approximate surface area is 103 Å². The Bertz CT molecular complexity index is 295. The van der Waals surface area contributed by atoms with Crippen LogP contribution in [0.4, 0.5) is 0 Å². The lowest BCUT2D eigenvalue weighted by molar-refractivity contribution is -0.126. The molecule has 0 bridgehead atoms. The van der Waals surface area contributed by atoms with E-state index >= 15 is 0 Å². The highest BCUT2D eigenvalue weighted by molar-refractivity contribution is 5.79. The van der Waals surface area contributed by atoms with Crippen molar-refractivity contribution in [3.8, 4) is 0 Å². The van der Waals surface area contributed by atoms with E-state index in [-0.39, 0.29) is 24.0 Å². The van der Waals surface area contributed by atoms with Gasteiger partial charge in [-0.25, -0.2) is 0 Å². The molecule has 0 radical (unpaired) electrons. The summed E-state index contributed by atoms with van der Waals surface area (Å²) >= 11 is 0. The van der Waals surface area contributed by atoms with Crippen molar-refractivity contribution in [1.82, 2.24) is 5.32 Å². The fourth-order valence-corrected chi connectivity index (χ4v) is 3.69. The number of hydrogen-bond acceptors (Lipinski definition) is 2. The lowest BCUT2D eigenvalue weighted by Crippen LogP contribution is -2.45. The van der Waals surface area contributed by atoms with Crippen LogP contribution < -0.4 is 5.32 Å². The fraction of sp³-hybridized carbons (Fsp3) is 0.929. The standard InChI is InChI=1S/C14H23NO2/c16-13-5-3-1-2-4-12(13)15-14(17)11-7-9-6-10(9)8-11/h9-13,16H,1-8H2,(H,15,17). The zero-order valence-corrected chi connectivity index (χ0v) is 10.4. The molecule has 0 aliphatic heterocycles. The third kappa shape index (κ3) is 2.49. The van der Waals surface area contributed by atoms with Crippen LogP contribution in [0.2, 0.25) is 0 Å². The van der Waals surface area contributed by atoms with Gasteiger partial charge in [0.25, 0.3) is 0 Å². The molecule has 3 rings (SSSR count). The van der Waals surface area contributed by atoms with Crippen molar-refractivity contribution in [1.29, 1.82) is 0 Å². The van der Waals surface area contributed by atoms with Crippen molar-refractivity contribution in [3.05, 3.63) is 0 Å². The van der Waals surface area contributed by atoms with Gasteiger partial charge in [-0.1, -0.05) is 19.3 Å². The molecular weight excluding hydrogens is 214 g/mol. The molecule has 0 aromatic carbocycles. The average molecular weight is 237 g/mol. The molecule has 0 saturated heterocycles. The van der Waals surface area contributed by atoms with E-state index in [4.69, 9.17) is 0 Å². The van der Waals surface area contributed by atoms with Crippen LogP contribution in [0.25, 0.3) is 0 Å². The van der Waals surface area contributed by atoms with Gasteiger partial charge in [0, 0.05) is 5.92 Å². The van der Waals surface area contributed by atoms with E-state index in [2.05, 4.69) is 5.32 Å². The Hall–Kier alpha value is -0.570. The molecule has 4 unspecified atom stereocenters. The molecule has 2 N–H and O–H groups in total. The minimum atomic E-state index is -0.322. The molecule has 3 heteroatoms. The van der Waals surface area contributed by atoms with Crippen molar-refractivity contribution in [2.45, 2.75) is 63.5 Å². The highest BCUT2D eigenvalue weighted by Crippen LogP contribution is 2.54. The molecule has 0 aromatic rings. The lowest BCUT2D eigenvalue weighted by atomic mass is 10.00. The highest BCUT2D eigenvalue weighted by atomic mass is 16.3. The zero-order chi connectivity index (χ0) is 11.8. The average Bonchev–Trinajstić information content (AvgIpc) is 2.98. The number of carbonyl (C=O) groups excluding carboxylic acids is 1. The minimum Gasteiger partial charge on any atom is -0.391 e. The number of amides is 1. The number of aliphatic hydroxyl groups excluding tert-OH is 1. The molecule has 3 aliphatic carbocycles. The van der Waals surface area contributed by atoms with Gasteiger partial charge in [-0.3, -0.25) is 4.79 Å². The molecule has 0 aromatic heterocycles. The van der Waals surface area contributed by atoms with Crippen molar-refractivity contribution in [3.63, 3.8) is 0 Å². The predicted octanol–water partition coefficient (Wildman–Crippen LogP) is 1.84. The van der Waals surface area contributed by atoms with Crippen LogP contribution in [0.15, 0.2) is 0 Å². The van der Waals surface area contributed by atoms with Gasteiger partial charge < -0.3 is 10.4 Å². The van der Waals surface area contributed by atoms with Crippen LogP contribution in [0.1, 0.15) is 51.4 Å². The van der Waals surface area contributed by atoms with E-state index in [1.54, 1.807) is 0 Å². The SMILES string of the molecule is O=C(NC1CCCCCC1O)C1CC2CC2C1. The molecule has 4 atom stereocenters. The molecule has 17 heavy (non-hydrogen) atoms. The normalized spacial score (nSPS) is 44.9. The van der Waals surface area contributed by atoms with Crippen LogP contribution in [-0.4, -0.2) is 23.2 Å². The van der Waals surface area contributed by atoms with Gasteiger partial charge in [-0.05, 0) is 43.9 Å². The molecule has 3 fully saturated rings. The van der Waals surface area contributed by atoms with E-state index in [0.717, 1.165) is 50.4 Å².